The Morgan fingerprint density at radius 3 is 2.47 bits per heavy atom. The van der Waals surface area contributed by atoms with Crippen LogP contribution in [-0.4, -0.2) is 4.92 Å². The van der Waals surface area contributed by atoms with Crippen molar-refractivity contribution in [2.45, 2.75) is 6.61 Å². The van der Waals surface area contributed by atoms with Gasteiger partial charge in [0.1, 0.15) is 18.2 Å². The summed E-state index contributed by atoms with van der Waals surface area (Å²) < 4.78 is 21.0. The molecule has 0 bridgehead atoms. The van der Waals surface area contributed by atoms with E-state index in [1.807, 2.05) is 12.1 Å². The fourth-order valence-corrected chi connectivity index (χ4v) is 4.85. The minimum Gasteiger partial charge on any atom is -0.487 e. The summed E-state index contributed by atoms with van der Waals surface area (Å²) in [6.45, 7) is 0.190. The SMILES string of the molecule is N#C/C(=C/c1cc(I)c(OCc2cccc([N+](=O)[O-])c2)c(I)c1)c1cccc(F)c1. The summed E-state index contributed by atoms with van der Waals surface area (Å²) >= 11 is 4.28. The van der Waals surface area contributed by atoms with Crippen LogP contribution in [0.15, 0.2) is 60.7 Å². The van der Waals surface area contributed by atoms with Crippen molar-refractivity contribution in [3.05, 3.63) is 100 Å². The van der Waals surface area contributed by atoms with Gasteiger partial charge in [-0.2, -0.15) is 5.26 Å². The summed E-state index contributed by atoms with van der Waals surface area (Å²) in [5.41, 5.74) is 2.35. The molecule has 30 heavy (non-hydrogen) atoms. The van der Waals surface area contributed by atoms with Gasteiger partial charge in [-0.1, -0.05) is 24.3 Å². The molecule has 3 rings (SSSR count). The molecule has 0 fully saturated rings. The molecule has 5 nitrogen and oxygen atoms in total. The Labute approximate surface area is 199 Å². The van der Waals surface area contributed by atoms with Gasteiger partial charge in [-0.05, 0) is 92.2 Å². The highest BCUT2D eigenvalue weighted by Crippen LogP contribution is 2.31. The molecule has 0 saturated carbocycles. The van der Waals surface area contributed by atoms with Crippen molar-refractivity contribution in [3.8, 4) is 11.8 Å². The van der Waals surface area contributed by atoms with Crippen molar-refractivity contribution in [3.63, 3.8) is 0 Å². The first-order valence-electron chi connectivity index (χ1n) is 8.60. The van der Waals surface area contributed by atoms with E-state index in [0.29, 0.717) is 22.4 Å². The first-order chi connectivity index (χ1) is 14.4. The van der Waals surface area contributed by atoms with Gasteiger partial charge in [-0.15, -0.1) is 0 Å². The van der Waals surface area contributed by atoms with Gasteiger partial charge in [0, 0.05) is 12.1 Å². The second-order valence-corrected chi connectivity index (χ2v) is 8.53. The predicted octanol–water partition coefficient (Wildman–Crippen LogP) is 6.59. The number of benzene rings is 3. The Morgan fingerprint density at radius 2 is 1.83 bits per heavy atom. The van der Waals surface area contributed by atoms with Gasteiger partial charge in [-0.25, -0.2) is 4.39 Å². The Morgan fingerprint density at radius 1 is 1.13 bits per heavy atom. The molecule has 0 radical (unpaired) electrons. The van der Waals surface area contributed by atoms with E-state index in [1.54, 1.807) is 30.3 Å². The summed E-state index contributed by atoms with van der Waals surface area (Å²) in [5, 5.41) is 20.4. The molecular formula is C22H13FI2N2O3. The fourth-order valence-electron chi connectivity index (χ4n) is 2.72. The number of nitro benzene ring substituents is 1. The molecule has 0 heterocycles. The molecule has 0 saturated heterocycles. The lowest BCUT2D eigenvalue weighted by molar-refractivity contribution is -0.384. The lowest BCUT2D eigenvalue weighted by atomic mass is 10.0. The van der Waals surface area contributed by atoms with E-state index in [2.05, 4.69) is 51.3 Å². The van der Waals surface area contributed by atoms with Crippen LogP contribution < -0.4 is 4.74 Å². The number of nitro groups is 1. The Balaban J connectivity index is 1.84. The maximum Gasteiger partial charge on any atom is 0.269 e. The number of rotatable bonds is 6. The summed E-state index contributed by atoms with van der Waals surface area (Å²) in [4.78, 5) is 10.5. The number of halogens is 3. The number of nitrogens with zero attached hydrogens (tertiary/aromatic N) is 2. The van der Waals surface area contributed by atoms with Crippen LogP contribution in [0, 0.1) is 34.4 Å². The third-order valence-electron chi connectivity index (χ3n) is 4.09. The zero-order valence-electron chi connectivity index (χ0n) is 15.3. The lowest BCUT2D eigenvalue weighted by Gasteiger charge is -2.12. The van der Waals surface area contributed by atoms with E-state index in [1.165, 1.54) is 24.3 Å². The fraction of sp³-hybridized carbons (Fsp3) is 0.0455. The van der Waals surface area contributed by atoms with Crippen molar-refractivity contribution in [1.82, 2.24) is 0 Å². The maximum absolute atomic E-state index is 13.5. The van der Waals surface area contributed by atoms with Crippen LogP contribution in [0.2, 0.25) is 0 Å². The van der Waals surface area contributed by atoms with E-state index in [9.17, 15) is 19.8 Å². The molecule has 0 N–H and O–H groups in total. The zero-order chi connectivity index (χ0) is 21.7. The first kappa shape index (κ1) is 22.2. The van der Waals surface area contributed by atoms with E-state index >= 15 is 0 Å². The van der Waals surface area contributed by atoms with Crippen LogP contribution in [0.3, 0.4) is 0 Å². The number of non-ortho nitro benzene ring substituents is 1. The van der Waals surface area contributed by atoms with Gasteiger partial charge < -0.3 is 4.74 Å². The van der Waals surface area contributed by atoms with Gasteiger partial charge in [0.05, 0.1) is 23.7 Å². The molecule has 3 aromatic carbocycles. The molecule has 0 amide bonds. The highest BCUT2D eigenvalue weighted by molar-refractivity contribution is 14.1. The maximum atomic E-state index is 13.5. The molecule has 8 heteroatoms. The van der Waals surface area contributed by atoms with Crippen molar-refractivity contribution in [2.24, 2.45) is 0 Å². The van der Waals surface area contributed by atoms with Crippen molar-refractivity contribution >= 4 is 62.5 Å². The van der Waals surface area contributed by atoms with Gasteiger partial charge in [0.25, 0.3) is 5.69 Å². The molecule has 0 unspecified atom stereocenters. The van der Waals surface area contributed by atoms with Gasteiger partial charge in [-0.3, -0.25) is 10.1 Å². The van der Waals surface area contributed by atoms with Crippen LogP contribution in [0.25, 0.3) is 11.6 Å². The van der Waals surface area contributed by atoms with Gasteiger partial charge in [0.2, 0.25) is 0 Å². The largest absolute Gasteiger partial charge is 0.487 e. The summed E-state index contributed by atoms with van der Waals surface area (Å²) in [6, 6.07) is 18.0. The summed E-state index contributed by atoms with van der Waals surface area (Å²) in [5.74, 6) is 0.256. The van der Waals surface area contributed by atoms with E-state index in [0.717, 1.165) is 12.7 Å². The van der Waals surface area contributed by atoms with Crippen molar-refractivity contribution in [1.29, 1.82) is 5.26 Å². The summed E-state index contributed by atoms with van der Waals surface area (Å²) in [6.07, 6.45) is 1.70. The number of hydrogen-bond donors (Lipinski definition) is 0. The van der Waals surface area contributed by atoms with Gasteiger partial charge in [0.15, 0.2) is 0 Å². The highest BCUT2D eigenvalue weighted by atomic mass is 127. The normalized spacial score (nSPS) is 11.1. The second-order valence-electron chi connectivity index (χ2n) is 6.21. The van der Waals surface area contributed by atoms with Crippen LogP contribution in [0.4, 0.5) is 10.1 Å². The van der Waals surface area contributed by atoms with Crippen LogP contribution >= 0.6 is 45.2 Å². The molecule has 0 aromatic heterocycles. The van der Waals surface area contributed by atoms with Crippen molar-refractivity contribution < 1.29 is 14.1 Å². The third kappa shape index (κ3) is 5.54. The quantitative estimate of drug-likeness (QED) is 0.102. The molecule has 0 atom stereocenters. The van der Waals surface area contributed by atoms with Gasteiger partial charge >= 0.3 is 0 Å². The van der Waals surface area contributed by atoms with Crippen LogP contribution in [0.5, 0.6) is 5.75 Å². The lowest BCUT2D eigenvalue weighted by Crippen LogP contribution is -2.00. The Hall–Kier alpha value is -2.52. The highest BCUT2D eigenvalue weighted by Gasteiger charge is 2.12. The molecule has 0 aliphatic rings. The zero-order valence-corrected chi connectivity index (χ0v) is 19.6. The molecule has 0 aliphatic carbocycles. The molecule has 3 aromatic rings. The smallest absolute Gasteiger partial charge is 0.269 e. The molecule has 150 valence electrons. The van der Waals surface area contributed by atoms with E-state index in [4.69, 9.17) is 4.74 Å². The minimum absolute atomic E-state index is 0.0161. The average molecular weight is 626 g/mol. The minimum atomic E-state index is -0.441. The first-order valence-corrected chi connectivity index (χ1v) is 10.8. The summed E-state index contributed by atoms with van der Waals surface area (Å²) in [7, 11) is 0. The van der Waals surface area contributed by atoms with Crippen LogP contribution in [0.1, 0.15) is 16.7 Å². The monoisotopic (exact) mass is 626 g/mol. The number of allylic oxidation sites excluding steroid dienone is 1. The molecule has 0 spiro atoms. The Bertz CT molecular complexity index is 1170. The number of nitriles is 1. The molecule has 0 aliphatic heterocycles. The molecular weight excluding hydrogens is 613 g/mol. The second kappa shape index (κ2) is 9.99. The van der Waals surface area contributed by atoms with Crippen molar-refractivity contribution in [2.75, 3.05) is 0 Å². The standard InChI is InChI=1S/C22H13FI2N2O3/c23-18-5-2-4-16(11-18)17(12-26)7-15-9-20(24)22(21(25)10-15)30-13-14-3-1-6-19(8-14)27(28)29/h1-11H,13H2/b17-7-. The third-order valence-corrected chi connectivity index (χ3v) is 5.69. The Kier molecular flexibility index (Phi) is 7.38. The van der Waals surface area contributed by atoms with E-state index in [-0.39, 0.29) is 12.3 Å². The van der Waals surface area contributed by atoms with E-state index < -0.39 is 10.7 Å². The number of hydrogen-bond acceptors (Lipinski definition) is 4. The topological polar surface area (TPSA) is 76.2 Å². The average Bonchev–Trinajstić information content (AvgIpc) is 2.71. The predicted molar refractivity (Wildman–Crippen MR) is 129 cm³/mol. The number of ether oxygens (including phenoxy) is 1. The van der Waals surface area contributed by atoms with Crippen LogP contribution in [-0.2, 0) is 6.61 Å².